The number of nitrogens with one attached hydrogen (secondary N) is 1. The molecule has 34 heavy (non-hydrogen) atoms. The predicted molar refractivity (Wildman–Crippen MR) is 134 cm³/mol. The molecule has 3 aromatic carbocycles. The van der Waals surface area contributed by atoms with Crippen molar-refractivity contribution >= 4 is 40.4 Å². The van der Waals surface area contributed by atoms with E-state index in [0.717, 1.165) is 29.1 Å². The second-order valence-electron chi connectivity index (χ2n) is 9.67. The van der Waals surface area contributed by atoms with Crippen LogP contribution in [0.2, 0.25) is 5.02 Å². The first-order chi connectivity index (χ1) is 16.3. The number of aliphatic imine (C=N–C) groups is 1. The van der Waals surface area contributed by atoms with Gasteiger partial charge in [-0.1, -0.05) is 49.7 Å². The van der Waals surface area contributed by atoms with Gasteiger partial charge in [-0.05, 0) is 65.9 Å². The van der Waals surface area contributed by atoms with Gasteiger partial charge in [0.25, 0.3) is 0 Å². The number of nitrogens with zero attached hydrogens (tertiary/aromatic N) is 1. The Labute approximate surface area is 203 Å². The summed E-state index contributed by atoms with van der Waals surface area (Å²) in [4.78, 5) is 31.0. The fraction of sp³-hybridized carbons (Fsp3) is 0.250. The van der Waals surface area contributed by atoms with Gasteiger partial charge in [-0.2, -0.15) is 0 Å². The molecular weight excluding hydrogens is 448 g/mol. The smallest absolute Gasteiger partial charge is 0.343 e. The number of ether oxygens (including phenoxy) is 1. The monoisotopic (exact) mass is 472 g/mol. The van der Waals surface area contributed by atoms with Crippen LogP contribution in [0.5, 0.6) is 5.75 Å². The summed E-state index contributed by atoms with van der Waals surface area (Å²) < 4.78 is 5.64. The van der Waals surface area contributed by atoms with Crippen molar-refractivity contribution in [2.45, 2.75) is 32.7 Å². The lowest BCUT2D eigenvalue weighted by Crippen LogP contribution is -2.42. The summed E-state index contributed by atoms with van der Waals surface area (Å²) >= 11 is 5.92. The summed E-state index contributed by atoms with van der Waals surface area (Å²) in [6.45, 7) is 4.22. The summed E-state index contributed by atoms with van der Waals surface area (Å²) in [7, 11) is 0. The Morgan fingerprint density at radius 2 is 1.79 bits per heavy atom. The second-order valence-corrected chi connectivity index (χ2v) is 10.1. The summed E-state index contributed by atoms with van der Waals surface area (Å²) in [5.41, 5.74) is 3.75. The van der Waals surface area contributed by atoms with Gasteiger partial charge >= 0.3 is 5.97 Å². The Bertz CT molecular complexity index is 1300. The number of anilines is 1. The van der Waals surface area contributed by atoms with Crippen LogP contribution in [-0.2, 0) is 4.79 Å². The quantitative estimate of drug-likeness (QED) is 0.336. The highest BCUT2D eigenvalue weighted by Crippen LogP contribution is 2.45. The third-order valence-electron chi connectivity index (χ3n) is 6.34. The van der Waals surface area contributed by atoms with Crippen molar-refractivity contribution < 1.29 is 14.3 Å². The predicted octanol–water partition coefficient (Wildman–Crippen LogP) is 6.80. The lowest BCUT2D eigenvalue weighted by atomic mass is 9.68. The largest absolute Gasteiger partial charge is 0.423 e. The SMILES string of the molecule is CC1(C)CC(=O)C2C(=Nc3ccccc3NC2c2cccc(OC(=O)c3ccc(Cl)cc3)c2)C1. The van der Waals surface area contributed by atoms with Crippen molar-refractivity contribution in [3.05, 3.63) is 88.9 Å². The molecule has 1 saturated carbocycles. The Balaban J connectivity index is 1.50. The zero-order valence-corrected chi connectivity index (χ0v) is 19.8. The fourth-order valence-electron chi connectivity index (χ4n) is 4.82. The Morgan fingerprint density at radius 3 is 2.59 bits per heavy atom. The lowest BCUT2D eigenvalue weighted by molar-refractivity contribution is -0.124. The number of para-hydroxylation sites is 2. The molecule has 1 aliphatic carbocycles. The van der Waals surface area contributed by atoms with Gasteiger partial charge in [0.2, 0.25) is 0 Å². The standard InChI is InChI=1S/C28H25ClN2O3/c1-28(2)15-23-25(24(32)16-28)26(31-22-9-4-3-8-21(22)30-23)18-6-5-7-20(14-18)34-27(33)17-10-12-19(29)13-11-17/h3-14,25-26,31H,15-16H2,1-2H3. The maximum Gasteiger partial charge on any atom is 0.343 e. The second kappa shape index (κ2) is 8.73. The Kier molecular flexibility index (Phi) is 5.74. The van der Waals surface area contributed by atoms with E-state index in [2.05, 4.69) is 19.2 Å². The molecule has 0 bridgehead atoms. The molecule has 1 aliphatic heterocycles. The minimum Gasteiger partial charge on any atom is -0.423 e. The molecule has 0 spiro atoms. The molecule has 172 valence electrons. The average Bonchev–Trinajstić information content (AvgIpc) is 2.95. The summed E-state index contributed by atoms with van der Waals surface area (Å²) in [5.74, 6) is -0.267. The van der Waals surface area contributed by atoms with Crippen molar-refractivity contribution in [3.8, 4) is 5.75 Å². The van der Waals surface area contributed by atoms with Crippen LogP contribution in [0, 0.1) is 11.3 Å². The molecule has 2 atom stereocenters. The maximum absolute atomic E-state index is 13.4. The lowest BCUT2D eigenvalue weighted by Gasteiger charge is -2.37. The van der Waals surface area contributed by atoms with E-state index in [9.17, 15) is 9.59 Å². The third kappa shape index (κ3) is 4.48. The molecule has 0 radical (unpaired) electrons. The number of ketones is 1. The third-order valence-corrected chi connectivity index (χ3v) is 6.59. The van der Waals surface area contributed by atoms with Crippen LogP contribution in [0.3, 0.4) is 0 Å². The van der Waals surface area contributed by atoms with E-state index in [1.165, 1.54) is 0 Å². The van der Waals surface area contributed by atoms with Crippen molar-refractivity contribution in [2.75, 3.05) is 5.32 Å². The maximum atomic E-state index is 13.4. The van der Waals surface area contributed by atoms with Gasteiger partial charge in [0.05, 0.1) is 28.9 Å². The average molecular weight is 473 g/mol. The van der Waals surface area contributed by atoms with Gasteiger partial charge in [-0.15, -0.1) is 0 Å². The zero-order chi connectivity index (χ0) is 23.9. The van der Waals surface area contributed by atoms with E-state index in [1.807, 2.05) is 42.5 Å². The Morgan fingerprint density at radius 1 is 1.03 bits per heavy atom. The number of halogens is 1. The topological polar surface area (TPSA) is 67.8 Å². The van der Waals surface area contributed by atoms with Crippen molar-refractivity contribution in [1.29, 1.82) is 0 Å². The van der Waals surface area contributed by atoms with E-state index in [1.54, 1.807) is 30.3 Å². The molecule has 0 saturated heterocycles. The Hall–Kier alpha value is -3.44. The number of hydrogen-bond acceptors (Lipinski definition) is 5. The molecule has 5 nitrogen and oxygen atoms in total. The van der Waals surface area contributed by atoms with Crippen LogP contribution in [0.15, 0.2) is 77.8 Å². The molecule has 2 unspecified atom stereocenters. The number of benzene rings is 3. The van der Waals surface area contributed by atoms with E-state index in [-0.39, 0.29) is 23.2 Å². The van der Waals surface area contributed by atoms with E-state index in [4.69, 9.17) is 21.3 Å². The van der Waals surface area contributed by atoms with Crippen LogP contribution in [0.1, 0.15) is 48.7 Å². The number of hydrogen-bond donors (Lipinski definition) is 1. The molecule has 0 amide bonds. The highest BCUT2D eigenvalue weighted by Gasteiger charge is 2.44. The normalized spacial score (nSPS) is 20.8. The van der Waals surface area contributed by atoms with Crippen LogP contribution < -0.4 is 10.1 Å². The highest BCUT2D eigenvalue weighted by molar-refractivity contribution is 6.30. The number of rotatable bonds is 3. The number of carbonyl (C=O) groups excluding carboxylic acids is 2. The minimum absolute atomic E-state index is 0.133. The number of fused-ring (bicyclic) bond motifs is 2. The summed E-state index contributed by atoms with van der Waals surface area (Å²) in [6, 6.07) is 21.4. The van der Waals surface area contributed by atoms with Gasteiger partial charge in [-0.3, -0.25) is 9.79 Å². The molecule has 1 N–H and O–H groups in total. The molecule has 0 aromatic heterocycles. The van der Waals surface area contributed by atoms with Gasteiger partial charge in [-0.25, -0.2) is 4.79 Å². The number of Topliss-reactive ketones (excluding diaryl/α,β-unsaturated/α-hetero) is 1. The first-order valence-corrected chi connectivity index (χ1v) is 11.7. The molecule has 6 heteroatoms. The van der Waals surface area contributed by atoms with Gasteiger partial charge in [0.1, 0.15) is 11.5 Å². The van der Waals surface area contributed by atoms with Gasteiger partial charge < -0.3 is 10.1 Å². The molecular formula is C28H25ClN2O3. The van der Waals surface area contributed by atoms with Crippen molar-refractivity contribution in [1.82, 2.24) is 0 Å². The molecule has 5 rings (SSSR count). The van der Waals surface area contributed by atoms with E-state index in [0.29, 0.717) is 22.8 Å². The van der Waals surface area contributed by atoms with Crippen LogP contribution >= 0.6 is 11.6 Å². The van der Waals surface area contributed by atoms with E-state index >= 15 is 0 Å². The fourth-order valence-corrected chi connectivity index (χ4v) is 4.94. The van der Waals surface area contributed by atoms with Gasteiger partial charge in [0.15, 0.2) is 0 Å². The van der Waals surface area contributed by atoms with Crippen LogP contribution in [0.4, 0.5) is 11.4 Å². The molecule has 2 aliphatic rings. The number of carbonyl (C=O) groups is 2. The van der Waals surface area contributed by atoms with Crippen molar-refractivity contribution in [2.24, 2.45) is 16.3 Å². The zero-order valence-electron chi connectivity index (χ0n) is 19.0. The summed E-state index contributed by atoms with van der Waals surface area (Å²) in [6.07, 6.45) is 1.25. The van der Waals surface area contributed by atoms with Crippen LogP contribution in [0.25, 0.3) is 0 Å². The first-order valence-electron chi connectivity index (χ1n) is 11.3. The summed E-state index contributed by atoms with van der Waals surface area (Å²) in [5, 5.41) is 4.11. The molecule has 1 fully saturated rings. The first kappa shape index (κ1) is 22.4. The molecule has 1 heterocycles. The highest BCUT2D eigenvalue weighted by atomic mass is 35.5. The van der Waals surface area contributed by atoms with Crippen molar-refractivity contribution in [3.63, 3.8) is 0 Å². The van der Waals surface area contributed by atoms with E-state index < -0.39 is 5.97 Å². The van der Waals surface area contributed by atoms with Gasteiger partial charge in [0, 0.05) is 17.2 Å². The minimum atomic E-state index is -0.467. The number of esters is 1. The molecule has 3 aromatic rings. The van der Waals surface area contributed by atoms with Crippen LogP contribution in [-0.4, -0.2) is 17.5 Å².